The van der Waals surface area contributed by atoms with E-state index in [-0.39, 0.29) is 51.6 Å². The predicted octanol–water partition coefficient (Wildman–Crippen LogP) is 5.66. The van der Waals surface area contributed by atoms with Crippen molar-refractivity contribution < 1.29 is 40.1 Å². The summed E-state index contributed by atoms with van der Waals surface area (Å²) in [7, 11) is 0. The van der Waals surface area contributed by atoms with Crippen molar-refractivity contribution in [2.24, 2.45) is 5.41 Å². The van der Waals surface area contributed by atoms with E-state index in [2.05, 4.69) is 109 Å². The van der Waals surface area contributed by atoms with Crippen LogP contribution >= 0.6 is 0 Å². The summed E-state index contributed by atoms with van der Waals surface area (Å²) in [5, 5.41) is 21.5. The Kier molecular flexibility index (Phi) is 9.61. The summed E-state index contributed by atoms with van der Waals surface area (Å²) in [6, 6.07) is 31.0. The van der Waals surface area contributed by atoms with Gasteiger partial charge in [-0.05, 0) is 57.7 Å². The summed E-state index contributed by atoms with van der Waals surface area (Å²) in [5.74, 6) is 0.211. The number of rotatable bonds is 6. The number of hydrogen-bond donors (Lipinski definition) is 1. The second kappa shape index (κ2) is 12.1. The molecule has 0 bridgehead atoms. The van der Waals surface area contributed by atoms with Gasteiger partial charge in [0.2, 0.25) is 0 Å². The van der Waals surface area contributed by atoms with Gasteiger partial charge >= 0.3 is 29.6 Å². The normalized spacial score (nSPS) is 12.1. The van der Waals surface area contributed by atoms with Gasteiger partial charge in [-0.1, -0.05) is 121 Å². The predicted molar refractivity (Wildman–Crippen MR) is 164 cm³/mol. The van der Waals surface area contributed by atoms with Crippen LogP contribution in [0, 0.1) is 5.41 Å². The van der Waals surface area contributed by atoms with E-state index in [0.29, 0.717) is 5.69 Å². The molecule has 0 aliphatic heterocycles. The van der Waals surface area contributed by atoms with E-state index in [0.717, 1.165) is 45.3 Å². The summed E-state index contributed by atoms with van der Waals surface area (Å²) in [4.78, 5) is 1.61. The molecule has 4 aromatic carbocycles. The zero-order chi connectivity index (χ0) is 28.0. The Labute approximate surface area is 266 Å². The Bertz CT molecular complexity index is 1620. The zero-order valence-electron chi connectivity index (χ0n) is 25.6. The number of hydrogen-bond acceptors (Lipinski definition) is 4. The number of phenolic OH excluding ortho intramolecular Hbond substituents is 1. The van der Waals surface area contributed by atoms with Crippen molar-refractivity contribution in [3.63, 3.8) is 0 Å². The standard InChI is InChI=1S/C35H39N3O.Na.H2O/c1-33(2,3)23-34(4,5)27-21-28(35(6,7)26-16-12-9-13-17-26)32(39)31(22-27)38-36-29-19-18-25(20-30(29)37-38)24-14-10-8-11-15-24;;/h8-22,39H,23H2,1-7H3;;1H2/q;+1;/p-1. The smallest absolute Gasteiger partial charge is 0.870 e. The first-order valence-electron chi connectivity index (χ1n) is 13.7. The Hall–Kier alpha value is -2.96. The average molecular weight is 558 g/mol. The van der Waals surface area contributed by atoms with Gasteiger partial charge in [0, 0.05) is 11.0 Å². The summed E-state index contributed by atoms with van der Waals surface area (Å²) < 4.78 is 0. The fourth-order valence-corrected chi connectivity index (χ4v) is 5.91. The molecule has 208 valence electrons. The second-order valence-electron chi connectivity index (χ2n) is 13.1. The maximum Gasteiger partial charge on any atom is 1.00 e. The van der Waals surface area contributed by atoms with Gasteiger partial charge in [0.25, 0.3) is 0 Å². The molecule has 0 saturated heterocycles. The van der Waals surface area contributed by atoms with E-state index in [1.54, 1.807) is 4.80 Å². The van der Waals surface area contributed by atoms with E-state index in [9.17, 15) is 5.11 Å². The first kappa shape index (κ1) is 32.6. The molecule has 0 fully saturated rings. The Morgan fingerprint density at radius 2 is 1.24 bits per heavy atom. The third kappa shape index (κ3) is 6.76. The van der Waals surface area contributed by atoms with E-state index in [4.69, 9.17) is 10.2 Å². The van der Waals surface area contributed by atoms with Crippen LogP contribution in [0.3, 0.4) is 0 Å². The number of phenols is 1. The van der Waals surface area contributed by atoms with Crippen molar-refractivity contribution in [3.8, 4) is 22.6 Å². The summed E-state index contributed by atoms with van der Waals surface area (Å²) in [5.41, 5.74) is 7.16. The molecule has 6 heteroatoms. The molecule has 5 nitrogen and oxygen atoms in total. The monoisotopic (exact) mass is 557 g/mol. The molecule has 0 atom stereocenters. The average Bonchev–Trinajstić information content (AvgIpc) is 3.31. The third-order valence-electron chi connectivity index (χ3n) is 7.72. The zero-order valence-corrected chi connectivity index (χ0v) is 27.6. The summed E-state index contributed by atoms with van der Waals surface area (Å²) in [6.07, 6.45) is 0.990. The molecule has 1 aromatic heterocycles. The van der Waals surface area contributed by atoms with Gasteiger partial charge in [-0.15, -0.1) is 15.0 Å². The topological polar surface area (TPSA) is 80.9 Å². The van der Waals surface area contributed by atoms with Crippen LogP contribution in [-0.2, 0) is 10.8 Å². The quantitative estimate of drug-likeness (QED) is 0.273. The Balaban J connectivity index is 0.00000231. The van der Waals surface area contributed by atoms with E-state index >= 15 is 0 Å². The molecule has 2 N–H and O–H groups in total. The minimum atomic E-state index is -0.430. The minimum absolute atomic E-state index is 0. The van der Waals surface area contributed by atoms with Crippen molar-refractivity contribution in [2.75, 3.05) is 0 Å². The molecule has 0 radical (unpaired) electrons. The molecule has 0 aliphatic carbocycles. The molecule has 5 rings (SSSR count). The van der Waals surface area contributed by atoms with Crippen molar-refractivity contribution in [1.29, 1.82) is 0 Å². The van der Waals surface area contributed by atoms with Crippen LogP contribution in [0.1, 0.15) is 71.6 Å². The van der Waals surface area contributed by atoms with E-state index in [1.165, 1.54) is 0 Å². The van der Waals surface area contributed by atoms with Crippen LogP contribution in [0.2, 0.25) is 0 Å². The van der Waals surface area contributed by atoms with Crippen LogP contribution in [0.25, 0.3) is 27.8 Å². The van der Waals surface area contributed by atoms with Crippen LogP contribution in [0.15, 0.2) is 91.0 Å². The molecule has 1 heterocycles. The summed E-state index contributed by atoms with van der Waals surface area (Å²) in [6.45, 7) is 15.7. The number of aromatic nitrogens is 3. The molecule has 0 unspecified atom stereocenters. The minimum Gasteiger partial charge on any atom is -0.870 e. The van der Waals surface area contributed by atoms with Crippen LogP contribution in [0.4, 0.5) is 0 Å². The molecule has 0 saturated carbocycles. The van der Waals surface area contributed by atoms with Crippen LogP contribution < -0.4 is 29.6 Å². The third-order valence-corrected chi connectivity index (χ3v) is 7.72. The number of fused-ring (bicyclic) bond motifs is 1. The van der Waals surface area contributed by atoms with Gasteiger partial charge in [0.15, 0.2) is 0 Å². The molecule has 5 aromatic rings. The Morgan fingerprint density at radius 3 is 1.85 bits per heavy atom. The maximum absolute atomic E-state index is 11.8. The largest absolute Gasteiger partial charge is 1.00 e. The van der Waals surface area contributed by atoms with Crippen LogP contribution in [0.5, 0.6) is 5.75 Å². The van der Waals surface area contributed by atoms with Crippen LogP contribution in [-0.4, -0.2) is 25.6 Å². The van der Waals surface area contributed by atoms with Gasteiger partial charge < -0.3 is 10.6 Å². The number of aromatic hydroxyl groups is 1. The SMILES string of the molecule is CC(C)(C)CC(C)(C)c1cc(-n2nc3ccc(-c4ccccc4)cc3n2)c(O)c(C(C)(C)c2ccccc2)c1.[Na+].[OH-]. The van der Waals surface area contributed by atoms with Gasteiger partial charge in [-0.3, -0.25) is 0 Å². The molecule has 0 amide bonds. The van der Waals surface area contributed by atoms with Crippen molar-refractivity contribution in [3.05, 3.63) is 108 Å². The number of nitrogens with zero attached hydrogens (tertiary/aromatic N) is 3. The fraction of sp³-hybridized carbons (Fsp3) is 0.314. The number of benzene rings is 4. The first-order valence-corrected chi connectivity index (χ1v) is 13.7. The molecule has 41 heavy (non-hydrogen) atoms. The van der Waals surface area contributed by atoms with E-state index < -0.39 is 5.41 Å². The van der Waals surface area contributed by atoms with E-state index in [1.807, 2.05) is 30.3 Å². The maximum atomic E-state index is 11.8. The van der Waals surface area contributed by atoms with Crippen molar-refractivity contribution in [2.45, 2.75) is 65.7 Å². The molecule has 0 aliphatic rings. The fourth-order valence-electron chi connectivity index (χ4n) is 5.91. The van der Waals surface area contributed by atoms with Gasteiger partial charge in [-0.25, -0.2) is 0 Å². The second-order valence-corrected chi connectivity index (χ2v) is 13.1. The summed E-state index contributed by atoms with van der Waals surface area (Å²) >= 11 is 0. The Morgan fingerprint density at radius 1 is 0.659 bits per heavy atom. The first-order chi connectivity index (χ1) is 18.3. The van der Waals surface area contributed by atoms with Gasteiger partial charge in [-0.2, -0.15) is 0 Å². The molecular weight excluding hydrogens is 517 g/mol. The van der Waals surface area contributed by atoms with Crippen molar-refractivity contribution in [1.82, 2.24) is 15.0 Å². The molecular formula is C35H40N3NaO2. The van der Waals surface area contributed by atoms with Gasteiger partial charge in [0.05, 0.1) is 0 Å². The molecule has 0 spiro atoms. The van der Waals surface area contributed by atoms with Gasteiger partial charge in [0.1, 0.15) is 22.5 Å². The van der Waals surface area contributed by atoms with Crippen molar-refractivity contribution >= 4 is 11.0 Å².